The first-order valence-electron chi connectivity index (χ1n) is 6.31. The average Bonchev–Trinajstić information content (AvgIpc) is 2.23. The van der Waals surface area contributed by atoms with E-state index in [1.54, 1.807) is 12.1 Å². The Morgan fingerprint density at radius 2 is 2.24 bits per heavy atom. The number of rotatable bonds is 5. The summed E-state index contributed by atoms with van der Waals surface area (Å²) in [6, 6.07) is 7.78. The Labute approximate surface area is 102 Å². The Balaban J connectivity index is 1.79. The average molecular weight is 237 g/mol. The van der Waals surface area contributed by atoms with E-state index >= 15 is 0 Å². The first-order valence-corrected chi connectivity index (χ1v) is 6.31. The minimum absolute atomic E-state index is 0.146. The van der Waals surface area contributed by atoms with Crippen molar-refractivity contribution in [2.75, 3.05) is 6.61 Å². The fourth-order valence-electron chi connectivity index (χ4n) is 2.47. The van der Waals surface area contributed by atoms with Crippen molar-refractivity contribution < 1.29 is 9.50 Å². The third kappa shape index (κ3) is 3.27. The minimum atomic E-state index is -0.146. The van der Waals surface area contributed by atoms with Gasteiger partial charge in [0.25, 0.3) is 0 Å². The topological polar surface area (TPSA) is 32.3 Å². The summed E-state index contributed by atoms with van der Waals surface area (Å²) in [5.74, 6) is 0.345. The monoisotopic (exact) mass is 237 g/mol. The SMILES string of the molecule is CC(CCO)NC1CC(c2cccc(F)c2)C1. The predicted molar refractivity (Wildman–Crippen MR) is 66.5 cm³/mol. The Bertz CT molecular complexity index is 363. The number of hydrogen-bond donors (Lipinski definition) is 2. The van der Waals surface area contributed by atoms with Crippen molar-refractivity contribution in [3.63, 3.8) is 0 Å². The van der Waals surface area contributed by atoms with E-state index in [9.17, 15) is 4.39 Å². The molecule has 3 heteroatoms. The van der Waals surface area contributed by atoms with Gasteiger partial charge in [0.05, 0.1) is 0 Å². The second kappa shape index (κ2) is 5.61. The van der Waals surface area contributed by atoms with Crippen LogP contribution in [-0.4, -0.2) is 23.8 Å². The van der Waals surface area contributed by atoms with Crippen LogP contribution in [0.5, 0.6) is 0 Å². The van der Waals surface area contributed by atoms with Crippen molar-refractivity contribution >= 4 is 0 Å². The van der Waals surface area contributed by atoms with E-state index in [1.807, 2.05) is 6.07 Å². The maximum atomic E-state index is 13.1. The van der Waals surface area contributed by atoms with Crippen LogP contribution in [0.4, 0.5) is 4.39 Å². The van der Waals surface area contributed by atoms with Crippen LogP contribution in [0.3, 0.4) is 0 Å². The minimum Gasteiger partial charge on any atom is -0.396 e. The Morgan fingerprint density at radius 1 is 1.47 bits per heavy atom. The summed E-state index contributed by atoms with van der Waals surface area (Å²) in [4.78, 5) is 0. The van der Waals surface area contributed by atoms with Gasteiger partial charge in [-0.05, 0) is 49.8 Å². The number of benzene rings is 1. The van der Waals surface area contributed by atoms with Crippen molar-refractivity contribution in [2.24, 2.45) is 0 Å². The Hall–Kier alpha value is -0.930. The lowest BCUT2D eigenvalue weighted by atomic mass is 9.75. The Kier molecular flexibility index (Phi) is 4.13. The Morgan fingerprint density at radius 3 is 2.88 bits per heavy atom. The molecule has 1 aromatic carbocycles. The molecular weight excluding hydrogens is 217 g/mol. The number of hydrogen-bond acceptors (Lipinski definition) is 2. The van der Waals surface area contributed by atoms with Crippen LogP contribution < -0.4 is 5.32 Å². The molecule has 0 bridgehead atoms. The quantitative estimate of drug-likeness (QED) is 0.824. The van der Waals surface area contributed by atoms with E-state index < -0.39 is 0 Å². The zero-order valence-corrected chi connectivity index (χ0v) is 10.2. The van der Waals surface area contributed by atoms with E-state index in [0.29, 0.717) is 18.0 Å². The van der Waals surface area contributed by atoms with Crippen molar-refractivity contribution in [1.82, 2.24) is 5.32 Å². The van der Waals surface area contributed by atoms with Crippen LogP contribution in [0.2, 0.25) is 0 Å². The van der Waals surface area contributed by atoms with Gasteiger partial charge in [-0.15, -0.1) is 0 Å². The summed E-state index contributed by atoms with van der Waals surface area (Å²) < 4.78 is 13.1. The summed E-state index contributed by atoms with van der Waals surface area (Å²) in [5, 5.41) is 12.3. The summed E-state index contributed by atoms with van der Waals surface area (Å²) in [7, 11) is 0. The largest absolute Gasteiger partial charge is 0.396 e. The summed E-state index contributed by atoms with van der Waals surface area (Å²) in [5.41, 5.74) is 1.11. The number of aliphatic hydroxyl groups excluding tert-OH is 1. The molecule has 2 nitrogen and oxygen atoms in total. The fourth-order valence-corrected chi connectivity index (χ4v) is 2.47. The van der Waals surface area contributed by atoms with Crippen LogP contribution in [0.1, 0.15) is 37.7 Å². The van der Waals surface area contributed by atoms with E-state index in [-0.39, 0.29) is 12.4 Å². The highest BCUT2D eigenvalue weighted by molar-refractivity contribution is 5.23. The lowest BCUT2D eigenvalue weighted by molar-refractivity contribution is 0.229. The number of nitrogens with one attached hydrogen (secondary N) is 1. The van der Waals surface area contributed by atoms with Gasteiger partial charge in [-0.25, -0.2) is 4.39 Å². The van der Waals surface area contributed by atoms with Gasteiger partial charge in [0.15, 0.2) is 0 Å². The zero-order valence-electron chi connectivity index (χ0n) is 10.2. The molecule has 0 amide bonds. The van der Waals surface area contributed by atoms with Crippen LogP contribution in [-0.2, 0) is 0 Å². The highest BCUT2D eigenvalue weighted by Crippen LogP contribution is 2.37. The lowest BCUT2D eigenvalue weighted by Gasteiger charge is -2.38. The molecule has 1 aliphatic carbocycles. The van der Waals surface area contributed by atoms with Crippen LogP contribution in [0.15, 0.2) is 24.3 Å². The molecule has 0 aromatic heterocycles. The van der Waals surface area contributed by atoms with Gasteiger partial charge < -0.3 is 10.4 Å². The first kappa shape index (κ1) is 12.5. The molecule has 1 aliphatic rings. The molecule has 0 heterocycles. The van der Waals surface area contributed by atoms with E-state index in [4.69, 9.17) is 5.11 Å². The molecule has 0 saturated heterocycles. The number of aliphatic hydroxyl groups is 1. The molecule has 2 N–H and O–H groups in total. The van der Waals surface area contributed by atoms with E-state index in [2.05, 4.69) is 12.2 Å². The van der Waals surface area contributed by atoms with Gasteiger partial charge in [0, 0.05) is 18.7 Å². The molecule has 94 valence electrons. The standard InChI is InChI=1S/C14H20FNO/c1-10(5-6-17)16-14-8-12(9-14)11-3-2-4-13(15)7-11/h2-4,7,10,12,14,16-17H,5-6,8-9H2,1H3. The second-order valence-electron chi connectivity index (χ2n) is 5.00. The molecule has 2 rings (SSSR count). The van der Waals surface area contributed by atoms with E-state index in [0.717, 1.165) is 24.8 Å². The normalized spacial score (nSPS) is 25.4. The maximum absolute atomic E-state index is 13.1. The molecule has 1 aromatic rings. The van der Waals surface area contributed by atoms with E-state index in [1.165, 1.54) is 6.07 Å². The second-order valence-corrected chi connectivity index (χ2v) is 5.00. The van der Waals surface area contributed by atoms with Crippen LogP contribution in [0.25, 0.3) is 0 Å². The summed E-state index contributed by atoms with van der Waals surface area (Å²) in [6.45, 7) is 2.32. The zero-order chi connectivity index (χ0) is 12.3. The highest BCUT2D eigenvalue weighted by Gasteiger charge is 2.30. The van der Waals surface area contributed by atoms with Crippen molar-refractivity contribution in [1.29, 1.82) is 0 Å². The molecule has 0 spiro atoms. The van der Waals surface area contributed by atoms with Gasteiger partial charge in [-0.3, -0.25) is 0 Å². The van der Waals surface area contributed by atoms with Gasteiger partial charge in [-0.1, -0.05) is 12.1 Å². The molecule has 1 saturated carbocycles. The molecule has 1 fully saturated rings. The number of halogens is 1. The van der Waals surface area contributed by atoms with Gasteiger partial charge in [0.2, 0.25) is 0 Å². The molecule has 0 radical (unpaired) electrons. The molecular formula is C14H20FNO. The third-order valence-electron chi connectivity index (χ3n) is 3.54. The first-order chi connectivity index (χ1) is 8.19. The summed E-state index contributed by atoms with van der Waals surface area (Å²) >= 11 is 0. The van der Waals surface area contributed by atoms with Crippen LogP contribution >= 0.6 is 0 Å². The summed E-state index contributed by atoms with van der Waals surface area (Å²) in [6.07, 6.45) is 2.93. The van der Waals surface area contributed by atoms with Crippen molar-refractivity contribution in [2.45, 2.75) is 44.2 Å². The van der Waals surface area contributed by atoms with Crippen molar-refractivity contribution in [3.05, 3.63) is 35.6 Å². The predicted octanol–water partition coefficient (Wildman–Crippen LogP) is 2.43. The van der Waals surface area contributed by atoms with Gasteiger partial charge in [-0.2, -0.15) is 0 Å². The third-order valence-corrected chi connectivity index (χ3v) is 3.54. The lowest BCUT2D eigenvalue weighted by Crippen LogP contribution is -2.44. The van der Waals surface area contributed by atoms with Gasteiger partial charge >= 0.3 is 0 Å². The highest BCUT2D eigenvalue weighted by atomic mass is 19.1. The van der Waals surface area contributed by atoms with Crippen molar-refractivity contribution in [3.8, 4) is 0 Å². The molecule has 0 aliphatic heterocycles. The smallest absolute Gasteiger partial charge is 0.123 e. The van der Waals surface area contributed by atoms with Gasteiger partial charge in [0.1, 0.15) is 5.82 Å². The maximum Gasteiger partial charge on any atom is 0.123 e. The fraction of sp³-hybridized carbons (Fsp3) is 0.571. The molecule has 1 atom stereocenters. The molecule has 1 unspecified atom stereocenters. The van der Waals surface area contributed by atoms with Crippen LogP contribution in [0, 0.1) is 5.82 Å². The molecule has 17 heavy (non-hydrogen) atoms.